The van der Waals surface area contributed by atoms with Gasteiger partial charge in [0.2, 0.25) is 18.6 Å². The monoisotopic (exact) mass is 766 g/mol. The van der Waals surface area contributed by atoms with Gasteiger partial charge in [-0.3, -0.25) is 24.1 Å². The number of benzene rings is 1. The number of amides is 3. The van der Waals surface area contributed by atoms with Crippen LogP contribution in [-0.2, 0) is 60.7 Å². The normalized spacial score (nSPS) is 16.9. The molecular formula is C39H62N2O13. The summed E-state index contributed by atoms with van der Waals surface area (Å²) in [6.07, 6.45) is 4.39. The first-order valence-electron chi connectivity index (χ1n) is 18.6. The lowest BCUT2D eigenvalue weighted by molar-refractivity contribution is -0.195. The fourth-order valence-corrected chi connectivity index (χ4v) is 4.85. The molecule has 0 radical (unpaired) electrons. The maximum Gasteiger partial charge on any atom is 0.333 e. The van der Waals surface area contributed by atoms with E-state index in [0.29, 0.717) is 108 Å². The number of carboxylic acid groups (broad SMARTS) is 1. The van der Waals surface area contributed by atoms with Crippen LogP contribution in [0.15, 0.2) is 30.4 Å². The Hall–Kier alpha value is -3.89. The van der Waals surface area contributed by atoms with E-state index < -0.39 is 24.5 Å². The molecule has 1 heterocycles. The number of nitrogens with zero attached hydrogens (tertiary/aromatic N) is 1. The number of allylic oxidation sites excluding steroid dienone is 1. The van der Waals surface area contributed by atoms with Crippen LogP contribution < -0.4 is 10.1 Å². The van der Waals surface area contributed by atoms with Gasteiger partial charge in [-0.1, -0.05) is 46.3 Å². The molecule has 3 atom stereocenters. The topological polar surface area (TPSA) is 196 Å². The summed E-state index contributed by atoms with van der Waals surface area (Å²) in [5.41, 5.74) is 2.06. The number of nitrogens with one attached hydrogen (secondary N) is 1. The molecule has 1 aromatic carbocycles. The van der Waals surface area contributed by atoms with Gasteiger partial charge < -0.3 is 44.0 Å². The van der Waals surface area contributed by atoms with Crippen LogP contribution in [-0.4, -0.2) is 117 Å². The number of carboxylic acids is 1. The zero-order chi connectivity index (χ0) is 40.2. The first-order valence-corrected chi connectivity index (χ1v) is 18.6. The third-order valence-corrected chi connectivity index (χ3v) is 7.32. The van der Waals surface area contributed by atoms with Crippen LogP contribution >= 0.6 is 0 Å². The number of rotatable bonds is 27. The van der Waals surface area contributed by atoms with Gasteiger partial charge in [0.25, 0.3) is 12.4 Å². The number of hydrogen-bond donors (Lipinski definition) is 3. The third-order valence-electron chi connectivity index (χ3n) is 7.32. The average Bonchev–Trinajstić information content (AvgIpc) is 3.10. The Bertz CT molecular complexity index is 1260. The summed E-state index contributed by atoms with van der Waals surface area (Å²) in [5.74, 6) is -1.21. The van der Waals surface area contributed by atoms with Gasteiger partial charge in [0.15, 0.2) is 6.10 Å². The fraction of sp³-hybridized carbons (Fsp3) is 0.667. The molecule has 3 amide bonds. The Morgan fingerprint density at radius 3 is 2.24 bits per heavy atom. The predicted octanol–water partition coefficient (Wildman–Crippen LogP) is 3.96. The van der Waals surface area contributed by atoms with Crippen molar-refractivity contribution >= 4 is 30.7 Å². The van der Waals surface area contributed by atoms with E-state index in [-0.39, 0.29) is 31.3 Å². The summed E-state index contributed by atoms with van der Waals surface area (Å²) in [4.78, 5) is 57.8. The van der Waals surface area contributed by atoms with E-state index >= 15 is 0 Å². The van der Waals surface area contributed by atoms with Gasteiger partial charge in [-0.2, -0.15) is 0 Å². The van der Waals surface area contributed by atoms with Gasteiger partial charge in [0, 0.05) is 44.5 Å². The van der Waals surface area contributed by atoms with E-state index in [9.17, 15) is 34.2 Å². The highest BCUT2D eigenvalue weighted by molar-refractivity contribution is 5.94. The molecule has 2 rings (SSSR count). The van der Waals surface area contributed by atoms with Crippen molar-refractivity contribution in [3.63, 3.8) is 0 Å². The second-order valence-electron chi connectivity index (χ2n) is 14.2. The second-order valence-corrected chi connectivity index (χ2v) is 14.2. The van der Waals surface area contributed by atoms with E-state index in [2.05, 4.69) is 33.0 Å². The number of aryl methyl sites for hydroxylation is 1. The molecule has 54 heavy (non-hydrogen) atoms. The molecule has 0 aliphatic carbocycles. The van der Waals surface area contributed by atoms with E-state index in [1.807, 2.05) is 12.1 Å². The van der Waals surface area contributed by atoms with Crippen LogP contribution in [0.5, 0.6) is 5.75 Å². The van der Waals surface area contributed by atoms with Crippen molar-refractivity contribution in [2.45, 2.75) is 111 Å². The van der Waals surface area contributed by atoms with Crippen LogP contribution in [0.2, 0.25) is 0 Å². The van der Waals surface area contributed by atoms with Crippen molar-refractivity contribution in [2.75, 3.05) is 52.7 Å². The number of aliphatic hydroxyl groups excluding tert-OH is 1. The zero-order valence-electron chi connectivity index (χ0n) is 32.6. The molecule has 0 spiro atoms. The Balaban J connectivity index is 0.00000272. The summed E-state index contributed by atoms with van der Waals surface area (Å²) in [7, 11) is 0. The number of aliphatic carboxylic acids is 1. The molecule has 15 nitrogen and oxygen atoms in total. The number of unbranched alkanes of at least 4 members (excludes halogenated alkanes) is 2. The highest BCUT2D eigenvalue weighted by atomic mass is 16.7. The first kappa shape index (κ1) is 48.1. The van der Waals surface area contributed by atoms with Crippen molar-refractivity contribution in [3.8, 4) is 5.75 Å². The van der Waals surface area contributed by atoms with E-state index in [4.69, 9.17) is 28.4 Å². The summed E-state index contributed by atoms with van der Waals surface area (Å²) < 4.78 is 32.8. The Morgan fingerprint density at radius 1 is 0.944 bits per heavy atom. The molecule has 3 unspecified atom stereocenters. The van der Waals surface area contributed by atoms with Crippen LogP contribution in [0.4, 0.5) is 0 Å². The van der Waals surface area contributed by atoms with E-state index in [0.717, 1.165) is 23.3 Å². The largest absolute Gasteiger partial charge is 0.479 e. The lowest BCUT2D eigenvalue weighted by Crippen LogP contribution is -2.42. The first-order chi connectivity index (χ1) is 25.8. The number of ether oxygens (including phenoxy) is 6. The van der Waals surface area contributed by atoms with Crippen molar-refractivity contribution < 1.29 is 62.6 Å². The fourth-order valence-electron chi connectivity index (χ4n) is 4.85. The summed E-state index contributed by atoms with van der Waals surface area (Å²) in [6.45, 7) is 14.0. The second kappa shape index (κ2) is 28.5. The minimum Gasteiger partial charge on any atom is -0.479 e. The third kappa shape index (κ3) is 24.4. The molecule has 0 saturated carbocycles. The molecule has 1 aliphatic rings. The number of carbonyl (C=O) groups excluding carboxylic acids is 4. The highest BCUT2D eigenvalue weighted by Crippen LogP contribution is 2.28. The van der Waals surface area contributed by atoms with Gasteiger partial charge in [0.05, 0.1) is 39.1 Å². The van der Waals surface area contributed by atoms with Crippen LogP contribution in [0, 0.1) is 5.41 Å². The Kier molecular flexibility index (Phi) is 25.4. The number of carbonyl (C=O) groups is 5. The quantitative estimate of drug-likeness (QED) is 0.0662. The van der Waals surface area contributed by atoms with Gasteiger partial charge in [-0.15, -0.1) is 0 Å². The summed E-state index contributed by atoms with van der Waals surface area (Å²) >= 11 is 0. The van der Waals surface area contributed by atoms with Crippen LogP contribution in [0.25, 0.3) is 0 Å². The molecular weight excluding hydrogens is 704 g/mol. The molecule has 15 heteroatoms. The Labute approximate surface area is 319 Å². The number of imide groups is 1. The van der Waals surface area contributed by atoms with Crippen molar-refractivity contribution in [1.29, 1.82) is 0 Å². The maximum absolute atomic E-state index is 11.9. The molecule has 1 saturated heterocycles. The minimum atomic E-state index is -1.17. The predicted molar refractivity (Wildman–Crippen MR) is 199 cm³/mol. The highest BCUT2D eigenvalue weighted by Gasteiger charge is 2.34. The summed E-state index contributed by atoms with van der Waals surface area (Å²) in [5, 5.41) is 22.0. The van der Waals surface area contributed by atoms with Crippen molar-refractivity contribution in [1.82, 2.24) is 10.2 Å². The number of aliphatic hydroxyl groups is 1. The molecule has 306 valence electrons. The minimum absolute atomic E-state index is 0.0144. The van der Waals surface area contributed by atoms with Crippen LogP contribution in [0.1, 0.15) is 90.7 Å². The van der Waals surface area contributed by atoms with Gasteiger partial charge in [-0.05, 0) is 61.8 Å². The van der Waals surface area contributed by atoms with E-state index in [1.54, 1.807) is 19.1 Å². The van der Waals surface area contributed by atoms with Gasteiger partial charge in [-0.25, -0.2) is 4.79 Å². The zero-order valence-corrected chi connectivity index (χ0v) is 32.6. The molecule has 0 aromatic heterocycles. The molecule has 1 aliphatic heterocycles. The lowest BCUT2D eigenvalue weighted by Gasteiger charge is -2.31. The van der Waals surface area contributed by atoms with E-state index in [1.165, 1.54) is 6.08 Å². The molecule has 3 N–H and O–H groups in total. The van der Waals surface area contributed by atoms with Gasteiger partial charge in [0.1, 0.15) is 12.4 Å². The molecule has 0 bridgehead atoms. The van der Waals surface area contributed by atoms with Gasteiger partial charge >= 0.3 is 5.97 Å². The smallest absolute Gasteiger partial charge is 0.333 e. The van der Waals surface area contributed by atoms with Crippen molar-refractivity contribution in [2.24, 2.45) is 5.41 Å². The maximum atomic E-state index is 11.9. The standard InChI is InChI=1S/C34H50N2O13.C5H12/c1-2-7-32(41)36(24-37)13-5-3-4-9-31(40)35-12-15-45-17-19-46-18-16-44-14-6-8-26-10-11-29(27(20-26)23-47-25-38)48-33-22-28(39)21-30(49-33)34(42)43;1-5(2,3)4/h2,7,10-11,20,24-25,28,30,33,39H,3-6,8-9,12-19,21-23H2,1H3,(H,35,40)(H,42,43);1-4H3/b7-2-;. The summed E-state index contributed by atoms with van der Waals surface area (Å²) in [6, 6.07) is 5.40. The number of hydrogen-bond acceptors (Lipinski definition) is 12. The average molecular weight is 767 g/mol. The molecule has 1 fully saturated rings. The van der Waals surface area contributed by atoms with Crippen molar-refractivity contribution in [3.05, 3.63) is 41.5 Å². The Morgan fingerprint density at radius 2 is 1.61 bits per heavy atom. The van der Waals surface area contributed by atoms with Crippen LogP contribution in [0.3, 0.4) is 0 Å². The SMILES string of the molecule is C/C=C\C(=O)N(C=O)CCCCCC(=O)NCCOCCOCCOCCCc1ccc(OC2CC(O)CC(C(=O)O)O2)c(COC=O)c1.CC(C)(C)C. The lowest BCUT2D eigenvalue weighted by atomic mass is 10.0. The molecule has 1 aromatic rings.